The summed E-state index contributed by atoms with van der Waals surface area (Å²) in [6, 6.07) is 10.8. The zero-order chi connectivity index (χ0) is 21.8. The quantitative estimate of drug-likeness (QED) is 0.187. The summed E-state index contributed by atoms with van der Waals surface area (Å²) in [4.78, 5) is 36.4. The lowest BCUT2D eigenvalue weighted by atomic mass is 10.2. The Morgan fingerprint density at radius 1 is 1.33 bits per heavy atom. The van der Waals surface area contributed by atoms with Gasteiger partial charge < -0.3 is 9.47 Å². The highest BCUT2D eigenvalue weighted by Crippen LogP contribution is 2.38. The number of esters is 1. The predicted molar refractivity (Wildman–Crippen MR) is 120 cm³/mol. The fourth-order valence-corrected chi connectivity index (χ4v) is 4.21. The van der Waals surface area contributed by atoms with Crippen molar-refractivity contribution < 1.29 is 24.0 Å². The monoisotopic (exact) mass is 508 g/mol. The number of carbonyl (C=O) groups is 2. The highest BCUT2D eigenvalue weighted by atomic mass is 79.9. The first-order valence-electron chi connectivity index (χ1n) is 8.31. The van der Waals surface area contributed by atoms with Crippen LogP contribution in [0.5, 0.6) is 5.75 Å². The first kappa shape index (κ1) is 21.9. The predicted octanol–water partition coefficient (Wildman–Crippen LogP) is 4.31. The second-order valence-corrected chi connectivity index (χ2v) is 8.43. The van der Waals surface area contributed by atoms with Gasteiger partial charge in [-0.2, -0.15) is 0 Å². The van der Waals surface area contributed by atoms with Gasteiger partial charge in [-0.1, -0.05) is 46.0 Å². The number of thioether (sulfide) groups is 1. The zero-order valence-electron chi connectivity index (χ0n) is 15.4. The first-order valence-corrected chi connectivity index (χ1v) is 10.3. The van der Waals surface area contributed by atoms with Gasteiger partial charge in [-0.05, 0) is 30.3 Å². The Morgan fingerprint density at radius 3 is 2.80 bits per heavy atom. The molecule has 0 N–H and O–H groups in total. The van der Waals surface area contributed by atoms with Crippen molar-refractivity contribution in [2.24, 2.45) is 0 Å². The van der Waals surface area contributed by atoms with Crippen LogP contribution >= 0.6 is 39.9 Å². The minimum atomic E-state index is -0.541. The maximum Gasteiger partial charge on any atom is 0.343 e. The lowest BCUT2D eigenvalue weighted by Crippen LogP contribution is -2.27. The first-order chi connectivity index (χ1) is 14.3. The summed E-state index contributed by atoms with van der Waals surface area (Å²) in [5.74, 6) is -0.575. The number of non-ortho nitro benzene ring substituents is 1. The lowest BCUT2D eigenvalue weighted by Gasteiger charge is -2.14. The number of amides is 1. The summed E-state index contributed by atoms with van der Waals surface area (Å²) >= 11 is 9.75. The van der Waals surface area contributed by atoms with Crippen molar-refractivity contribution >= 4 is 73.6 Å². The van der Waals surface area contributed by atoms with E-state index in [0.29, 0.717) is 21.9 Å². The minimum absolute atomic E-state index is 0.143. The van der Waals surface area contributed by atoms with Crippen LogP contribution in [0.2, 0.25) is 0 Å². The van der Waals surface area contributed by atoms with E-state index in [2.05, 4.69) is 20.7 Å². The SMILES string of the molecule is COC(=O)COc1ccc(Br)cc1/C=C1\SC(=S)N(c2cccc([N+](=O)[O-])c2)C1=O. The van der Waals surface area contributed by atoms with Crippen LogP contribution in [0.3, 0.4) is 0 Å². The van der Waals surface area contributed by atoms with Gasteiger partial charge in [-0.3, -0.25) is 19.8 Å². The van der Waals surface area contributed by atoms with Gasteiger partial charge in [0.2, 0.25) is 0 Å². The second kappa shape index (κ2) is 9.37. The number of nitro groups is 1. The maximum atomic E-state index is 13.0. The summed E-state index contributed by atoms with van der Waals surface area (Å²) < 4.78 is 11.1. The molecule has 154 valence electrons. The maximum absolute atomic E-state index is 13.0. The number of carbonyl (C=O) groups excluding carboxylic acids is 2. The number of halogens is 1. The standard InChI is InChI=1S/C19H13BrN2O6S2/c1-27-17(23)10-28-15-6-5-12(20)7-11(15)8-16-18(24)21(19(29)30-16)13-3-2-4-14(9-13)22(25)26/h2-9H,10H2,1H3/b16-8-. The number of rotatable bonds is 6. The van der Waals surface area contributed by atoms with E-state index in [1.807, 2.05) is 0 Å². The highest BCUT2D eigenvalue weighted by Gasteiger charge is 2.34. The molecular weight excluding hydrogens is 496 g/mol. The smallest absolute Gasteiger partial charge is 0.343 e. The van der Waals surface area contributed by atoms with Crippen LogP contribution in [0.1, 0.15) is 5.56 Å². The Balaban J connectivity index is 1.92. The number of nitro benzene ring substituents is 1. The third-order valence-electron chi connectivity index (χ3n) is 3.92. The van der Waals surface area contributed by atoms with Gasteiger partial charge in [0.1, 0.15) is 5.75 Å². The van der Waals surface area contributed by atoms with E-state index in [0.717, 1.165) is 16.2 Å². The van der Waals surface area contributed by atoms with Gasteiger partial charge in [0.05, 0.1) is 22.6 Å². The van der Waals surface area contributed by atoms with Crippen LogP contribution < -0.4 is 9.64 Å². The van der Waals surface area contributed by atoms with E-state index < -0.39 is 16.8 Å². The number of benzene rings is 2. The highest BCUT2D eigenvalue weighted by molar-refractivity contribution is 9.10. The molecule has 3 rings (SSSR count). The topological polar surface area (TPSA) is 99.0 Å². The zero-order valence-corrected chi connectivity index (χ0v) is 18.6. The van der Waals surface area contributed by atoms with E-state index >= 15 is 0 Å². The molecule has 0 unspecified atom stereocenters. The number of hydrogen-bond acceptors (Lipinski definition) is 8. The number of anilines is 1. The molecule has 8 nitrogen and oxygen atoms in total. The molecule has 1 aliphatic rings. The normalized spacial score (nSPS) is 14.9. The third kappa shape index (κ3) is 4.86. The third-order valence-corrected chi connectivity index (χ3v) is 5.72. The summed E-state index contributed by atoms with van der Waals surface area (Å²) in [5, 5.41) is 11.0. The lowest BCUT2D eigenvalue weighted by molar-refractivity contribution is -0.384. The molecule has 1 fully saturated rings. The molecule has 2 aromatic carbocycles. The van der Waals surface area contributed by atoms with E-state index in [9.17, 15) is 19.7 Å². The van der Waals surface area contributed by atoms with Crippen LogP contribution in [0.15, 0.2) is 51.8 Å². The van der Waals surface area contributed by atoms with E-state index in [1.54, 1.807) is 30.3 Å². The van der Waals surface area contributed by atoms with Gasteiger partial charge in [0.15, 0.2) is 10.9 Å². The van der Waals surface area contributed by atoms with E-state index in [-0.39, 0.29) is 16.6 Å². The molecule has 1 amide bonds. The molecule has 1 aliphatic heterocycles. The minimum Gasteiger partial charge on any atom is -0.481 e. The van der Waals surface area contributed by atoms with E-state index in [1.165, 1.54) is 30.2 Å². The summed E-state index contributed by atoms with van der Waals surface area (Å²) in [6.45, 7) is -0.284. The second-order valence-electron chi connectivity index (χ2n) is 5.84. The van der Waals surface area contributed by atoms with Crippen LogP contribution in [0.4, 0.5) is 11.4 Å². The van der Waals surface area contributed by atoms with Crippen LogP contribution in [-0.4, -0.2) is 34.8 Å². The molecule has 0 spiro atoms. The van der Waals surface area contributed by atoms with Crippen molar-refractivity contribution in [2.45, 2.75) is 0 Å². The average Bonchev–Trinajstić information content (AvgIpc) is 3.00. The van der Waals surface area contributed by atoms with Crippen LogP contribution in [0.25, 0.3) is 6.08 Å². The van der Waals surface area contributed by atoms with Crippen LogP contribution in [0, 0.1) is 10.1 Å². The van der Waals surface area contributed by atoms with Gasteiger partial charge in [0.25, 0.3) is 11.6 Å². The molecule has 30 heavy (non-hydrogen) atoms. The number of ether oxygens (including phenoxy) is 2. The molecule has 0 aromatic heterocycles. The fourth-order valence-electron chi connectivity index (χ4n) is 2.54. The number of thiocarbonyl (C=S) groups is 1. The molecule has 0 bridgehead atoms. The molecule has 0 saturated carbocycles. The van der Waals surface area contributed by atoms with Crippen molar-refractivity contribution in [1.82, 2.24) is 0 Å². The van der Waals surface area contributed by atoms with Gasteiger partial charge in [-0.15, -0.1) is 0 Å². The average molecular weight is 509 g/mol. The molecule has 1 saturated heterocycles. The Hall–Kier alpha value is -2.76. The summed E-state index contributed by atoms with van der Waals surface area (Å²) in [5.41, 5.74) is 0.718. The number of nitrogens with zero attached hydrogens (tertiary/aromatic N) is 2. The van der Waals surface area contributed by atoms with Gasteiger partial charge in [0, 0.05) is 22.2 Å². The Kier molecular flexibility index (Phi) is 6.85. The molecule has 1 heterocycles. The molecule has 0 atom stereocenters. The van der Waals surface area contributed by atoms with Crippen molar-refractivity contribution in [3.8, 4) is 5.75 Å². The Bertz CT molecular complexity index is 1090. The Morgan fingerprint density at radius 2 is 2.10 bits per heavy atom. The van der Waals surface area contributed by atoms with Crippen molar-refractivity contribution in [1.29, 1.82) is 0 Å². The number of hydrogen-bond donors (Lipinski definition) is 0. The molecule has 0 radical (unpaired) electrons. The number of methoxy groups -OCH3 is 1. The van der Waals surface area contributed by atoms with Crippen molar-refractivity contribution in [3.63, 3.8) is 0 Å². The fraction of sp³-hybridized carbons (Fsp3) is 0.105. The van der Waals surface area contributed by atoms with Crippen molar-refractivity contribution in [3.05, 3.63) is 67.5 Å². The van der Waals surface area contributed by atoms with E-state index in [4.69, 9.17) is 17.0 Å². The van der Waals surface area contributed by atoms with Crippen LogP contribution in [-0.2, 0) is 14.3 Å². The van der Waals surface area contributed by atoms with Gasteiger partial charge in [-0.25, -0.2) is 4.79 Å². The summed E-state index contributed by atoms with van der Waals surface area (Å²) in [6.07, 6.45) is 1.59. The molecule has 2 aromatic rings. The molecule has 11 heteroatoms. The largest absolute Gasteiger partial charge is 0.481 e. The molecule has 0 aliphatic carbocycles. The van der Waals surface area contributed by atoms with Gasteiger partial charge >= 0.3 is 5.97 Å². The van der Waals surface area contributed by atoms with Crippen molar-refractivity contribution in [2.75, 3.05) is 18.6 Å². The Labute approximate surface area is 189 Å². The summed E-state index contributed by atoms with van der Waals surface area (Å²) in [7, 11) is 1.26. The molecular formula is C19H13BrN2O6S2.